The van der Waals surface area contributed by atoms with Gasteiger partial charge in [-0.2, -0.15) is 15.1 Å². The van der Waals surface area contributed by atoms with Crippen molar-refractivity contribution in [2.24, 2.45) is 16.0 Å². The maximum absolute atomic E-state index is 12.6. The average molecular weight is 493 g/mol. The van der Waals surface area contributed by atoms with Crippen molar-refractivity contribution in [3.05, 3.63) is 59.7 Å². The standard InChI is InChI=1S/C26H28N4O4S/c1-4-18(5-2)25-29-30-23(27)22(24(31)28-26(30)35-25)16-17-6-8-20(9-7-17)33-14-15-34-21-12-10-19(32-3)11-13-21/h6-13,16,18,27H,4-5,14-15H2,1-3H3. The van der Waals surface area contributed by atoms with E-state index in [1.165, 1.54) is 16.8 Å². The number of amidine groups is 2. The highest BCUT2D eigenvalue weighted by Crippen LogP contribution is 2.33. The minimum Gasteiger partial charge on any atom is -0.497 e. The first-order chi connectivity index (χ1) is 17.0. The Morgan fingerprint density at radius 2 is 1.54 bits per heavy atom. The second-order valence-corrected chi connectivity index (χ2v) is 8.90. The topological polar surface area (TPSA) is 96.6 Å². The molecule has 182 valence electrons. The van der Waals surface area contributed by atoms with E-state index in [4.69, 9.17) is 19.6 Å². The normalized spacial score (nSPS) is 16.3. The lowest BCUT2D eigenvalue weighted by Gasteiger charge is -2.20. The maximum Gasteiger partial charge on any atom is 0.283 e. The molecular formula is C26H28N4O4S. The molecule has 1 amide bonds. The second kappa shape index (κ2) is 11.2. The Balaban J connectivity index is 1.35. The van der Waals surface area contributed by atoms with Gasteiger partial charge in [-0.05, 0) is 72.6 Å². The lowest BCUT2D eigenvalue weighted by molar-refractivity contribution is -0.114. The van der Waals surface area contributed by atoms with Crippen molar-refractivity contribution >= 4 is 39.8 Å². The van der Waals surface area contributed by atoms with Crippen LogP contribution in [0.4, 0.5) is 0 Å². The molecule has 0 saturated heterocycles. The molecule has 8 nitrogen and oxygen atoms in total. The fourth-order valence-corrected chi connectivity index (χ4v) is 4.78. The lowest BCUT2D eigenvalue weighted by atomic mass is 10.1. The van der Waals surface area contributed by atoms with Crippen molar-refractivity contribution in [2.45, 2.75) is 26.7 Å². The summed E-state index contributed by atoms with van der Waals surface area (Å²) < 4.78 is 16.5. The van der Waals surface area contributed by atoms with Gasteiger partial charge in [0.15, 0.2) is 5.84 Å². The fraction of sp³-hybridized carbons (Fsp3) is 0.308. The first-order valence-electron chi connectivity index (χ1n) is 11.5. The molecule has 0 unspecified atom stereocenters. The van der Waals surface area contributed by atoms with Gasteiger partial charge in [0.2, 0.25) is 5.17 Å². The molecule has 9 heteroatoms. The van der Waals surface area contributed by atoms with Gasteiger partial charge in [-0.1, -0.05) is 26.0 Å². The minimum atomic E-state index is -0.425. The number of hydrogen-bond donors (Lipinski definition) is 1. The third-order valence-electron chi connectivity index (χ3n) is 5.68. The summed E-state index contributed by atoms with van der Waals surface area (Å²) in [6, 6.07) is 14.7. The van der Waals surface area contributed by atoms with E-state index in [2.05, 4.69) is 23.9 Å². The van der Waals surface area contributed by atoms with Crippen LogP contribution in [0.3, 0.4) is 0 Å². The van der Waals surface area contributed by atoms with Gasteiger partial charge >= 0.3 is 0 Å². The molecule has 0 fully saturated rings. The Morgan fingerprint density at radius 3 is 2.11 bits per heavy atom. The molecule has 0 radical (unpaired) electrons. The Hall–Kier alpha value is -3.59. The second-order valence-electron chi connectivity index (χ2n) is 7.91. The molecule has 2 aliphatic rings. The molecular weight excluding hydrogens is 464 g/mol. The van der Waals surface area contributed by atoms with Gasteiger partial charge in [0.25, 0.3) is 5.91 Å². The van der Waals surface area contributed by atoms with Crippen LogP contribution in [0.2, 0.25) is 0 Å². The highest BCUT2D eigenvalue weighted by Gasteiger charge is 2.37. The molecule has 2 aliphatic heterocycles. The van der Waals surface area contributed by atoms with Gasteiger partial charge in [0.05, 0.1) is 12.7 Å². The van der Waals surface area contributed by atoms with Crippen LogP contribution in [0.1, 0.15) is 32.3 Å². The Kier molecular flexibility index (Phi) is 7.87. The number of fused-ring (bicyclic) bond motifs is 1. The van der Waals surface area contributed by atoms with Crippen molar-refractivity contribution in [2.75, 3.05) is 20.3 Å². The summed E-state index contributed by atoms with van der Waals surface area (Å²) >= 11 is 1.38. The van der Waals surface area contributed by atoms with Crippen LogP contribution in [0.25, 0.3) is 6.08 Å². The molecule has 0 aliphatic carbocycles. The SMILES string of the molecule is CCC(CC)C1=NN2C(=N)C(=Cc3ccc(OCCOc4ccc(OC)cc4)cc3)C(=O)N=C2S1. The number of benzene rings is 2. The van der Waals surface area contributed by atoms with E-state index in [1.807, 2.05) is 48.5 Å². The number of ether oxygens (including phenoxy) is 3. The minimum absolute atomic E-state index is 0.0458. The zero-order valence-electron chi connectivity index (χ0n) is 20.0. The number of hydrogen-bond acceptors (Lipinski definition) is 7. The average Bonchev–Trinajstić information content (AvgIpc) is 3.30. The number of carbonyl (C=O) groups is 1. The van der Waals surface area contributed by atoms with Crippen molar-refractivity contribution < 1.29 is 19.0 Å². The monoisotopic (exact) mass is 492 g/mol. The number of nitrogens with one attached hydrogen (secondary N) is 1. The summed E-state index contributed by atoms with van der Waals surface area (Å²) in [5, 5.41) is 15.9. The van der Waals surface area contributed by atoms with Gasteiger partial charge in [-0.25, -0.2) is 0 Å². The van der Waals surface area contributed by atoms with Crippen LogP contribution >= 0.6 is 11.8 Å². The third-order valence-corrected chi connectivity index (χ3v) is 6.75. The van der Waals surface area contributed by atoms with Crippen LogP contribution in [-0.2, 0) is 4.79 Å². The van der Waals surface area contributed by atoms with E-state index in [9.17, 15) is 4.79 Å². The van der Waals surface area contributed by atoms with Gasteiger partial charge < -0.3 is 14.2 Å². The molecule has 0 bridgehead atoms. The van der Waals surface area contributed by atoms with Gasteiger partial charge in [-0.3, -0.25) is 10.2 Å². The number of aliphatic imine (C=N–C) groups is 1. The van der Waals surface area contributed by atoms with E-state index in [0.717, 1.165) is 34.9 Å². The molecule has 2 heterocycles. The number of amides is 1. The summed E-state index contributed by atoms with van der Waals surface area (Å²) in [7, 11) is 1.62. The highest BCUT2D eigenvalue weighted by atomic mass is 32.2. The molecule has 0 atom stereocenters. The lowest BCUT2D eigenvalue weighted by Crippen LogP contribution is -2.35. The van der Waals surface area contributed by atoms with Crippen molar-refractivity contribution in [1.82, 2.24) is 5.01 Å². The number of methoxy groups -OCH3 is 1. The number of nitrogens with zero attached hydrogens (tertiary/aromatic N) is 3. The Bertz CT molecular complexity index is 1170. The molecule has 2 aromatic carbocycles. The van der Waals surface area contributed by atoms with Crippen molar-refractivity contribution in [3.63, 3.8) is 0 Å². The Labute approximate surface area is 209 Å². The number of hydrazone groups is 1. The third kappa shape index (κ3) is 5.74. The van der Waals surface area contributed by atoms with E-state index in [-0.39, 0.29) is 11.4 Å². The van der Waals surface area contributed by atoms with Gasteiger partial charge in [0.1, 0.15) is 35.5 Å². The molecule has 0 spiro atoms. The number of rotatable bonds is 10. The zero-order valence-corrected chi connectivity index (χ0v) is 20.8. The molecule has 1 N–H and O–H groups in total. The number of carbonyl (C=O) groups excluding carboxylic acids is 1. The molecule has 4 rings (SSSR count). The summed E-state index contributed by atoms with van der Waals surface area (Å²) in [5.41, 5.74) is 0.986. The predicted octanol–water partition coefficient (Wildman–Crippen LogP) is 5.21. The molecule has 35 heavy (non-hydrogen) atoms. The van der Waals surface area contributed by atoms with Gasteiger partial charge in [-0.15, -0.1) is 0 Å². The quantitative estimate of drug-likeness (QED) is 0.361. The van der Waals surface area contributed by atoms with Gasteiger partial charge in [0, 0.05) is 5.92 Å². The Morgan fingerprint density at radius 1 is 0.971 bits per heavy atom. The number of thioether (sulfide) groups is 1. The summed E-state index contributed by atoms with van der Waals surface area (Å²) in [6.45, 7) is 5.01. The van der Waals surface area contributed by atoms with Crippen LogP contribution in [-0.4, -0.2) is 47.3 Å². The maximum atomic E-state index is 12.6. The summed E-state index contributed by atoms with van der Waals surface area (Å²) in [4.78, 5) is 16.8. The van der Waals surface area contributed by atoms with Crippen molar-refractivity contribution in [1.29, 1.82) is 5.41 Å². The van der Waals surface area contributed by atoms with E-state index < -0.39 is 5.91 Å². The molecule has 2 aromatic rings. The largest absolute Gasteiger partial charge is 0.497 e. The summed E-state index contributed by atoms with van der Waals surface area (Å²) in [6.07, 6.45) is 3.57. The smallest absolute Gasteiger partial charge is 0.283 e. The van der Waals surface area contributed by atoms with Crippen LogP contribution in [0, 0.1) is 11.3 Å². The zero-order chi connectivity index (χ0) is 24.8. The van der Waals surface area contributed by atoms with E-state index in [0.29, 0.717) is 30.0 Å². The molecule has 0 saturated carbocycles. The predicted molar refractivity (Wildman–Crippen MR) is 140 cm³/mol. The van der Waals surface area contributed by atoms with Crippen LogP contribution in [0.5, 0.6) is 17.2 Å². The van der Waals surface area contributed by atoms with Crippen LogP contribution < -0.4 is 14.2 Å². The molecule has 0 aromatic heterocycles. The van der Waals surface area contributed by atoms with Crippen LogP contribution in [0.15, 0.2) is 64.2 Å². The first-order valence-corrected chi connectivity index (χ1v) is 12.3. The van der Waals surface area contributed by atoms with E-state index in [1.54, 1.807) is 13.2 Å². The van der Waals surface area contributed by atoms with Crippen molar-refractivity contribution in [3.8, 4) is 17.2 Å². The highest BCUT2D eigenvalue weighted by molar-refractivity contribution is 8.27. The summed E-state index contributed by atoms with van der Waals surface area (Å²) in [5.74, 6) is 2.13. The first kappa shape index (κ1) is 24.5. The van der Waals surface area contributed by atoms with E-state index >= 15 is 0 Å². The fourth-order valence-electron chi connectivity index (χ4n) is 3.63.